The maximum Gasteiger partial charge on any atom is 0.180 e. The number of aryl methyl sites for hydroxylation is 1. The zero-order valence-electron chi connectivity index (χ0n) is 11.4. The van der Waals surface area contributed by atoms with Gasteiger partial charge < -0.3 is 0 Å². The van der Waals surface area contributed by atoms with Gasteiger partial charge in [0.1, 0.15) is 5.01 Å². The smallest absolute Gasteiger partial charge is 0.180 e. The molecule has 0 aliphatic rings. The predicted molar refractivity (Wildman–Crippen MR) is 76.9 cm³/mol. The van der Waals surface area contributed by atoms with Crippen molar-refractivity contribution in [3.05, 3.63) is 8.96 Å². The SMILES string of the molecule is Cc1nn(CN(CC(C)C)CC(C)C)c(=S)s1. The molecule has 0 aliphatic carbocycles. The monoisotopic (exact) mass is 273 g/mol. The molecule has 1 aromatic rings. The Bertz CT molecular complexity index is 383. The lowest BCUT2D eigenvalue weighted by Crippen LogP contribution is -2.33. The zero-order valence-corrected chi connectivity index (χ0v) is 13.1. The first-order valence-corrected chi connectivity index (χ1v) is 7.38. The van der Waals surface area contributed by atoms with Crippen molar-refractivity contribution in [2.45, 2.75) is 41.3 Å². The summed E-state index contributed by atoms with van der Waals surface area (Å²) in [5, 5.41) is 5.50. The molecule has 0 amide bonds. The van der Waals surface area contributed by atoms with Crippen LogP contribution < -0.4 is 0 Å². The molecule has 1 aromatic heterocycles. The third-order valence-electron chi connectivity index (χ3n) is 2.29. The van der Waals surface area contributed by atoms with Crippen molar-refractivity contribution in [2.24, 2.45) is 11.8 Å². The third kappa shape index (κ3) is 5.27. The largest absolute Gasteiger partial charge is 0.284 e. The summed E-state index contributed by atoms with van der Waals surface area (Å²) < 4.78 is 2.82. The van der Waals surface area contributed by atoms with Gasteiger partial charge in [-0.2, -0.15) is 5.10 Å². The lowest BCUT2D eigenvalue weighted by Gasteiger charge is -2.25. The van der Waals surface area contributed by atoms with E-state index in [2.05, 4.69) is 37.7 Å². The van der Waals surface area contributed by atoms with Crippen LogP contribution >= 0.6 is 23.6 Å². The van der Waals surface area contributed by atoms with Crippen molar-refractivity contribution in [2.75, 3.05) is 13.1 Å². The molecule has 0 N–H and O–H groups in total. The van der Waals surface area contributed by atoms with E-state index >= 15 is 0 Å². The highest BCUT2D eigenvalue weighted by atomic mass is 32.1. The maximum atomic E-state index is 5.31. The Labute approximate surface area is 113 Å². The summed E-state index contributed by atoms with van der Waals surface area (Å²) in [5.74, 6) is 1.34. The molecule has 0 aliphatic heterocycles. The fourth-order valence-electron chi connectivity index (χ4n) is 1.91. The van der Waals surface area contributed by atoms with Crippen molar-refractivity contribution in [1.29, 1.82) is 0 Å². The second-order valence-electron chi connectivity index (χ2n) is 5.35. The Hall–Kier alpha value is -0.260. The summed E-state index contributed by atoms with van der Waals surface area (Å²) in [6, 6.07) is 0. The minimum absolute atomic E-state index is 0.669. The Kier molecular flexibility index (Phi) is 5.76. The van der Waals surface area contributed by atoms with E-state index in [1.54, 1.807) is 11.3 Å². The van der Waals surface area contributed by atoms with Crippen molar-refractivity contribution < 1.29 is 0 Å². The molecule has 0 atom stereocenters. The average Bonchev–Trinajstić information content (AvgIpc) is 2.42. The van der Waals surface area contributed by atoms with Crippen LogP contribution in [0, 0.1) is 22.7 Å². The van der Waals surface area contributed by atoms with E-state index < -0.39 is 0 Å². The maximum absolute atomic E-state index is 5.31. The van der Waals surface area contributed by atoms with Crippen LogP contribution in [-0.2, 0) is 6.67 Å². The summed E-state index contributed by atoms with van der Waals surface area (Å²) in [7, 11) is 0. The first-order chi connectivity index (χ1) is 7.88. The van der Waals surface area contributed by atoms with E-state index in [-0.39, 0.29) is 0 Å². The van der Waals surface area contributed by atoms with Gasteiger partial charge in [0.2, 0.25) is 0 Å². The predicted octanol–water partition coefficient (Wildman–Crippen LogP) is 3.55. The van der Waals surface area contributed by atoms with E-state index in [0.29, 0.717) is 11.8 Å². The molecule has 0 aromatic carbocycles. The van der Waals surface area contributed by atoms with Crippen LogP contribution in [-0.4, -0.2) is 27.8 Å². The molecule has 0 saturated carbocycles. The van der Waals surface area contributed by atoms with Crippen molar-refractivity contribution in [1.82, 2.24) is 14.7 Å². The van der Waals surface area contributed by atoms with Gasteiger partial charge in [-0.25, -0.2) is 4.68 Å². The summed E-state index contributed by atoms with van der Waals surface area (Å²) in [6.07, 6.45) is 0. The van der Waals surface area contributed by atoms with E-state index in [4.69, 9.17) is 12.2 Å². The quantitative estimate of drug-likeness (QED) is 0.740. The van der Waals surface area contributed by atoms with E-state index in [0.717, 1.165) is 28.7 Å². The number of rotatable bonds is 6. The van der Waals surface area contributed by atoms with Gasteiger partial charge in [0.25, 0.3) is 0 Å². The fraction of sp³-hybridized carbons (Fsp3) is 0.833. The molecule has 3 nitrogen and oxygen atoms in total. The number of nitrogens with zero attached hydrogens (tertiary/aromatic N) is 3. The van der Waals surface area contributed by atoms with Gasteiger partial charge in [-0.1, -0.05) is 39.0 Å². The van der Waals surface area contributed by atoms with Crippen LogP contribution in [0.5, 0.6) is 0 Å². The van der Waals surface area contributed by atoms with Gasteiger partial charge >= 0.3 is 0 Å². The van der Waals surface area contributed by atoms with Crippen LogP contribution in [0.4, 0.5) is 0 Å². The molecule has 0 bridgehead atoms. The summed E-state index contributed by atoms with van der Waals surface area (Å²) >= 11 is 6.90. The molecule has 5 heteroatoms. The number of hydrogen-bond acceptors (Lipinski definition) is 4. The molecule has 0 unspecified atom stereocenters. The molecule has 98 valence electrons. The van der Waals surface area contributed by atoms with Gasteiger partial charge in [0.15, 0.2) is 3.95 Å². The summed E-state index contributed by atoms with van der Waals surface area (Å²) in [6.45, 7) is 14.0. The highest BCUT2D eigenvalue weighted by Gasteiger charge is 2.11. The van der Waals surface area contributed by atoms with E-state index in [9.17, 15) is 0 Å². The molecule has 1 heterocycles. The Morgan fingerprint density at radius 1 is 1.24 bits per heavy atom. The van der Waals surface area contributed by atoms with Gasteiger partial charge in [-0.3, -0.25) is 4.90 Å². The van der Waals surface area contributed by atoms with Crippen LogP contribution in [0.1, 0.15) is 32.7 Å². The molecule has 0 saturated heterocycles. The lowest BCUT2D eigenvalue weighted by atomic mass is 10.1. The first kappa shape index (κ1) is 14.8. The molecule has 0 fully saturated rings. The van der Waals surface area contributed by atoms with Crippen LogP contribution in [0.2, 0.25) is 0 Å². The summed E-state index contributed by atoms with van der Waals surface area (Å²) in [5.41, 5.74) is 0. The van der Waals surface area contributed by atoms with E-state index in [1.807, 2.05) is 11.6 Å². The Morgan fingerprint density at radius 2 is 1.76 bits per heavy atom. The minimum Gasteiger partial charge on any atom is -0.284 e. The van der Waals surface area contributed by atoms with Crippen molar-refractivity contribution in [3.63, 3.8) is 0 Å². The molecular formula is C12H23N3S2. The number of aromatic nitrogens is 2. The lowest BCUT2D eigenvalue weighted by molar-refractivity contribution is 0.165. The third-order valence-corrected chi connectivity index (χ3v) is 3.51. The topological polar surface area (TPSA) is 21.1 Å². The van der Waals surface area contributed by atoms with Crippen LogP contribution in [0.3, 0.4) is 0 Å². The Balaban J connectivity index is 2.71. The first-order valence-electron chi connectivity index (χ1n) is 6.15. The van der Waals surface area contributed by atoms with Gasteiger partial charge in [-0.05, 0) is 31.0 Å². The fourth-order valence-corrected chi connectivity index (χ4v) is 2.97. The molecule has 1 rings (SSSR count). The van der Waals surface area contributed by atoms with Gasteiger partial charge in [0.05, 0.1) is 6.67 Å². The highest BCUT2D eigenvalue weighted by Crippen LogP contribution is 2.10. The standard InChI is InChI=1S/C12H23N3S2/c1-9(2)6-14(7-10(3)4)8-15-12(16)17-11(5)13-15/h9-10H,6-8H2,1-5H3. The zero-order chi connectivity index (χ0) is 13.0. The molecule has 0 spiro atoms. The second kappa shape index (κ2) is 6.61. The highest BCUT2D eigenvalue weighted by molar-refractivity contribution is 7.73. The van der Waals surface area contributed by atoms with E-state index in [1.165, 1.54) is 0 Å². The average molecular weight is 273 g/mol. The summed E-state index contributed by atoms with van der Waals surface area (Å²) in [4.78, 5) is 2.43. The normalized spacial score (nSPS) is 12.0. The van der Waals surface area contributed by atoms with Crippen LogP contribution in [0.25, 0.3) is 0 Å². The number of hydrogen-bond donors (Lipinski definition) is 0. The molecule has 17 heavy (non-hydrogen) atoms. The second-order valence-corrected chi connectivity index (χ2v) is 7.18. The molecular weight excluding hydrogens is 250 g/mol. The Morgan fingerprint density at radius 3 is 2.12 bits per heavy atom. The van der Waals surface area contributed by atoms with Crippen molar-refractivity contribution >= 4 is 23.6 Å². The molecule has 0 radical (unpaired) electrons. The van der Waals surface area contributed by atoms with Crippen molar-refractivity contribution in [3.8, 4) is 0 Å². The minimum atomic E-state index is 0.669. The van der Waals surface area contributed by atoms with Gasteiger partial charge in [0, 0.05) is 13.1 Å². The van der Waals surface area contributed by atoms with Gasteiger partial charge in [-0.15, -0.1) is 0 Å². The van der Waals surface area contributed by atoms with Crippen LogP contribution in [0.15, 0.2) is 0 Å².